The molecule has 1 heterocycles. The lowest BCUT2D eigenvalue weighted by molar-refractivity contribution is 0.0697. The quantitative estimate of drug-likeness (QED) is 0.812. The molecule has 0 bridgehead atoms. The first-order valence-corrected chi connectivity index (χ1v) is 5.86. The van der Waals surface area contributed by atoms with Gasteiger partial charge in [-0.2, -0.15) is 0 Å². The molecule has 1 saturated heterocycles. The lowest BCUT2D eigenvalue weighted by Crippen LogP contribution is -2.22. The average molecular weight is 235 g/mol. The number of carboxylic acids is 1. The molecule has 1 fully saturated rings. The average Bonchev–Trinajstić information content (AvgIpc) is 2.83. The number of nitrogens with one attached hydrogen (secondary N) is 1. The van der Waals surface area contributed by atoms with Crippen molar-refractivity contribution < 1.29 is 14.6 Å². The first-order valence-electron chi connectivity index (χ1n) is 5.86. The van der Waals surface area contributed by atoms with E-state index in [0.29, 0.717) is 11.5 Å². The number of benzene rings is 1. The first-order chi connectivity index (χ1) is 8.25. The van der Waals surface area contributed by atoms with E-state index in [9.17, 15) is 4.79 Å². The molecule has 1 aliphatic rings. The second-order valence-electron chi connectivity index (χ2n) is 4.36. The van der Waals surface area contributed by atoms with Crippen LogP contribution in [0.3, 0.4) is 0 Å². The zero-order valence-corrected chi connectivity index (χ0v) is 9.69. The highest BCUT2D eigenvalue weighted by Crippen LogP contribution is 2.11. The van der Waals surface area contributed by atoms with Gasteiger partial charge in [-0.05, 0) is 30.0 Å². The third kappa shape index (κ3) is 3.54. The summed E-state index contributed by atoms with van der Waals surface area (Å²) in [4.78, 5) is 10.7. The van der Waals surface area contributed by atoms with Crippen molar-refractivity contribution in [2.45, 2.75) is 13.0 Å². The van der Waals surface area contributed by atoms with E-state index >= 15 is 0 Å². The Balaban J connectivity index is 1.76. The zero-order valence-electron chi connectivity index (χ0n) is 9.69. The second-order valence-corrected chi connectivity index (χ2v) is 4.36. The highest BCUT2D eigenvalue weighted by atomic mass is 16.5. The van der Waals surface area contributed by atoms with Crippen LogP contribution in [0.2, 0.25) is 0 Å². The summed E-state index contributed by atoms with van der Waals surface area (Å²) in [5.74, 6) is -0.263. The molecule has 0 aliphatic carbocycles. The summed E-state index contributed by atoms with van der Waals surface area (Å²) in [6.07, 6.45) is 1.13. The number of carboxylic acid groups (broad SMARTS) is 1. The SMILES string of the molecule is O=C(O)c1ccc(CNCC2CCOC2)cc1. The molecule has 0 amide bonds. The van der Waals surface area contributed by atoms with Crippen LogP contribution >= 0.6 is 0 Å². The van der Waals surface area contributed by atoms with Crippen molar-refractivity contribution in [2.75, 3.05) is 19.8 Å². The van der Waals surface area contributed by atoms with E-state index < -0.39 is 5.97 Å². The molecule has 2 N–H and O–H groups in total. The molecule has 2 rings (SSSR count). The Labute approximate surface area is 101 Å². The zero-order chi connectivity index (χ0) is 12.1. The van der Waals surface area contributed by atoms with Crippen molar-refractivity contribution in [2.24, 2.45) is 5.92 Å². The van der Waals surface area contributed by atoms with E-state index in [2.05, 4.69) is 5.32 Å². The second kappa shape index (κ2) is 5.80. The summed E-state index contributed by atoms with van der Waals surface area (Å²) >= 11 is 0. The molecular formula is C13H17NO3. The normalized spacial score (nSPS) is 19.4. The van der Waals surface area contributed by atoms with Gasteiger partial charge in [-0.15, -0.1) is 0 Å². The third-order valence-electron chi connectivity index (χ3n) is 2.99. The highest BCUT2D eigenvalue weighted by molar-refractivity contribution is 5.87. The van der Waals surface area contributed by atoms with Gasteiger partial charge in [0.15, 0.2) is 0 Å². The van der Waals surface area contributed by atoms with Crippen LogP contribution in [-0.4, -0.2) is 30.8 Å². The minimum absolute atomic E-state index is 0.331. The van der Waals surface area contributed by atoms with Crippen molar-refractivity contribution >= 4 is 5.97 Å². The van der Waals surface area contributed by atoms with Gasteiger partial charge in [0, 0.05) is 19.7 Å². The number of hydrogen-bond donors (Lipinski definition) is 2. The lowest BCUT2D eigenvalue weighted by atomic mass is 10.1. The topological polar surface area (TPSA) is 58.6 Å². The van der Waals surface area contributed by atoms with E-state index in [1.807, 2.05) is 12.1 Å². The fraction of sp³-hybridized carbons (Fsp3) is 0.462. The van der Waals surface area contributed by atoms with Gasteiger partial charge in [-0.1, -0.05) is 12.1 Å². The number of ether oxygens (including phenoxy) is 1. The predicted octanol–water partition coefficient (Wildman–Crippen LogP) is 1.51. The van der Waals surface area contributed by atoms with Crippen LogP contribution in [0.4, 0.5) is 0 Å². The monoisotopic (exact) mass is 235 g/mol. The maximum absolute atomic E-state index is 10.7. The fourth-order valence-corrected chi connectivity index (χ4v) is 1.93. The largest absolute Gasteiger partial charge is 0.478 e. The molecule has 1 atom stereocenters. The van der Waals surface area contributed by atoms with Crippen LogP contribution in [0, 0.1) is 5.92 Å². The van der Waals surface area contributed by atoms with Gasteiger partial charge >= 0.3 is 5.97 Å². The Kier molecular flexibility index (Phi) is 4.12. The molecule has 1 aromatic carbocycles. The van der Waals surface area contributed by atoms with Gasteiger partial charge in [0.05, 0.1) is 12.2 Å². The molecule has 0 spiro atoms. The van der Waals surface area contributed by atoms with Crippen molar-refractivity contribution in [3.05, 3.63) is 35.4 Å². The van der Waals surface area contributed by atoms with Crippen LogP contribution in [0.1, 0.15) is 22.3 Å². The first kappa shape index (κ1) is 12.1. The standard InChI is InChI=1S/C13H17NO3/c15-13(16)12-3-1-10(2-4-12)7-14-8-11-5-6-17-9-11/h1-4,11,14H,5-9H2,(H,15,16). The molecule has 0 radical (unpaired) electrons. The lowest BCUT2D eigenvalue weighted by Gasteiger charge is -2.09. The molecule has 17 heavy (non-hydrogen) atoms. The summed E-state index contributed by atoms with van der Waals surface area (Å²) in [5.41, 5.74) is 1.44. The minimum Gasteiger partial charge on any atom is -0.478 e. The van der Waals surface area contributed by atoms with Crippen LogP contribution in [0.15, 0.2) is 24.3 Å². The highest BCUT2D eigenvalue weighted by Gasteiger charge is 2.14. The van der Waals surface area contributed by atoms with Crippen LogP contribution in [0.5, 0.6) is 0 Å². The van der Waals surface area contributed by atoms with Crippen LogP contribution in [-0.2, 0) is 11.3 Å². The molecule has 92 valence electrons. The molecule has 4 nitrogen and oxygen atoms in total. The van der Waals surface area contributed by atoms with Crippen molar-refractivity contribution in [1.29, 1.82) is 0 Å². The van der Waals surface area contributed by atoms with Crippen molar-refractivity contribution in [3.63, 3.8) is 0 Å². The summed E-state index contributed by atoms with van der Waals surface area (Å²) in [6.45, 7) is 3.46. The predicted molar refractivity (Wildman–Crippen MR) is 64.0 cm³/mol. The van der Waals surface area contributed by atoms with Crippen molar-refractivity contribution in [3.8, 4) is 0 Å². The summed E-state index contributed by atoms with van der Waals surface area (Å²) < 4.78 is 5.30. The maximum atomic E-state index is 10.7. The molecule has 1 aromatic rings. The summed E-state index contributed by atoms with van der Waals surface area (Å²) in [5, 5.41) is 12.1. The van der Waals surface area contributed by atoms with Crippen LogP contribution in [0.25, 0.3) is 0 Å². The minimum atomic E-state index is -0.882. The molecule has 1 aliphatic heterocycles. The maximum Gasteiger partial charge on any atom is 0.335 e. The van der Waals surface area contributed by atoms with Gasteiger partial charge in [-0.25, -0.2) is 4.79 Å². The summed E-state index contributed by atoms with van der Waals surface area (Å²) in [6, 6.07) is 6.97. The Morgan fingerprint density at radius 3 is 2.76 bits per heavy atom. The van der Waals surface area contributed by atoms with Crippen molar-refractivity contribution in [1.82, 2.24) is 5.32 Å². The number of carbonyl (C=O) groups is 1. The third-order valence-corrected chi connectivity index (χ3v) is 2.99. The molecule has 1 unspecified atom stereocenters. The van der Waals surface area contributed by atoms with Gasteiger partial charge < -0.3 is 15.2 Å². The molecular weight excluding hydrogens is 218 g/mol. The van der Waals surface area contributed by atoms with Gasteiger partial charge in [0.25, 0.3) is 0 Å². The Hall–Kier alpha value is -1.39. The van der Waals surface area contributed by atoms with Crippen LogP contribution < -0.4 is 5.32 Å². The number of aromatic carboxylic acids is 1. The number of rotatable bonds is 5. The Bertz CT molecular complexity index is 369. The van der Waals surface area contributed by atoms with Gasteiger partial charge in [0.2, 0.25) is 0 Å². The Morgan fingerprint density at radius 2 is 2.18 bits per heavy atom. The fourth-order valence-electron chi connectivity index (χ4n) is 1.93. The van der Waals surface area contributed by atoms with E-state index in [4.69, 9.17) is 9.84 Å². The summed E-state index contributed by atoms with van der Waals surface area (Å²) in [7, 11) is 0. The van der Waals surface area contributed by atoms with E-state index in [1.165, 1.54) is 0 Å². The van der Waals surface area contributed by atoms with Gasteiger partial charge in [0.1, 0.15) is 0 Å². The number of hydrogen-bond acceptors (Lipinski definition) is 3. The smallest absolute Gasteiger partial charge is 0.335 e. The van der Waals surface area contributed by atoms with Gasteiger partial charge in [-0.3, -0.25) is 0 Å². The molecule has 4 heteroatoms. The Morgan fingerprint density at radius 1 is 1.41 bits per heavy atom. The van der Waals surface area contributed by atoms with E-state index in [-0.39, 0.29) is 0 Å². The molecule has 0 saturated carbocycles. The molecule has 0 aromatic heterocycles. The van der Waals surface area contributed by atoms with E-state index in [1.54, 1.807) is 12.1 Å². The van der Waals surface area contributed by atoms with E-state index in [0.717, 1.165) is 38.3 Å².